The van der Waals surface area contributed by atoms with Crippen molar-refractivity contribution in [3.8, 4) is 0 Å². The first-order valence-corrected chi connectivity index (χ1v) is 11.3. The largest absolute Gasteiger partial charge is 0.521 e. The van der Waals surface area contributed by atoms with Gasteiger partial charge in [-0.15, -0.1) is 11.8 Å². The third-order valence-corrected chi connectivity index (χ3v) is 5.87. The van der Waals surface area contributed by atoms with Crippen LogP contribution in [-0.4, -0.2) is 53.4 Å². The number of hydrogen-bond donors (Lipinski definition) is 1. The lowest BCUT2D eigenvalue weighted by Gasteiger charge is -2.49. The molecule has 1 amide bonds. The number of hydrogen-bond acceptors (Lipinski definition) is 5. The van der Waals surface area contributed by atoms with Crippen LogP contribution in [0.1, 0.15) is 6.92 Å². The van der Waals surface area contributed by atoms with Crippen LogP contribution in [0.4, 0.5) is 0 Å². The molecule has 2 aliphatic rings. The highest BCUT2D eigenvalue weighted by Crippen LogP contribution is 2.40. The van der Waals surface area contributed by atoms with Crippen LogP contribution in [0.3, 0.4) is 0 Å². The summed E-state index contributed by atoms with van der Waals surface area (Å²) in [5.41, 5.74) is 1.44. The summed E-state index contributed by atoms with van der Waals surface area (Å²) in [6.45, 7) is 5.93. The van der Waals surface area contributed by atoms with Crippen molar-refractivity contribution in [3.63, 3.8) is 0 Å². The minimum atomic E-state index is -0.793. The molecule has 0 aromatic heterocycles. The number of β-lactam (4-membered cyclic amide) rings is 1. The van der Waals surface area contributed by atoms with Gasteiger partial charge in [-0.2, -0.15) is 0 Å². The predicted octanol–water partition coefficient (Wildman–Crippen LogP) is -1.06. The molecule has 2 unspecified atom stereocenters. The molecule has 1 saturated heterocycles. The number of carbonyl (C=O) groups is 2. The molecule has 1 fully saturated rings. The van der Waals surface area contributed by atoms with E-state index in [1.807, 2.05) is 13.5 Å². The molecule has 0 aromatic carbocycles. The zero-order valence-corrected chi connectivity index (χ0v) is 14.5. The van der Waals surface area contributed by atoms with E-state index in [0.29, 0.717) is 5.70 Å². The van der Waals surface area contributed by atoms with Gasteiger partial charge in [0.25, 0.3) is 0 Å². The van der Waals surface area contributed by atoms with Crippen LogP contribution in [0, 0.1) is 0 Å². The summed E-state index contributed by atoms with van der Waals surface area (Å²) >= 11 is 1.72. The van der Waals surface area contributed by atoms with E-state index in [9.17, 15) is 9.59 Å². The Bertz CT molecular complexity index is 416. The van der Waals surface area contributed by atoms with E-state index in [1.165, 1.54) is 0 Å². The molecule has 2 atom stereocenters. The number of nitrogens with one attached hydrogen (secondary N) is 1. The van der Waals surface area contributed by atoms with Crippen LogP contribution >= 0.6 is 11.8 Å². The second-order valence-corrected chi connectivity index (χ2v) is 7.38. The lowest BCUT2D eigenvalue weighted by molar-refractivity contribution is -0.147. The van der Waals surface area contributed by atoms with Gasteiger partial charge in [-0.1, -0.05) is 6.55 Å². The number of amides is 1. The van der Waals surface area contributed by atoms with Gasteiger partial charge in [0.1, 0.15) is 17.1 Å². The summed E-state index contributed by atoms with van der Waals surface area (Å²) in [6, 6.07) is -0.0959. The number of fused-ring (bicyclic) bond motifs is 1. The fraction of sp³-hybridized carbons (Fsp3) is 0.600. The van der Waals surface area contributed by atoms with Gasteiger partial charge in [-0.3, -0.25) is 9.69 Å². The van der Waals surface area contributed by atoms with Gasteiger partial charge in [-0.05, 0) is 19.0 Å². The van der Waals surface area contributed by atoms with Crippen molar-refractivity contribution in [2.24, 2.45) is 0 Å². The number of carbonyl (C=O) groups excluding carboxylic acids is 2. The van der Waals surface area contributed by atoms with E-state index >= 15 is 0 Å². The number of rotatable bonds is 4. The first-order valence-electron chi connectivity index (χ1n) is 6.16. The second kappa shape index (κ2) is 5.60. The topological polar surface area (TPSA) is 58.6 Å². The molecule has 8 heteroatoms. The van der Waals surface area contributed by atoms with Crippen molar-refractivity contribution in [1.82, 2.24) is 9.88 Å². The van der Waals surface area contributed by atoms with E-state index in [0.717, 1.165) is 11.3 Å². The molecule has 2 aliphatic heterocycles. The Labute approximate surface area is 116 Å². The molecule has 0 radical (unpaired) electrons. The van der Waals surface area contributed by atoms with Crippen molar-refractivity contribution in [2.75, 3.05) is 5.75 Å². The molecule has 0 aromatic rings. The minimum Gasteiger partial charge on any atom is -0.521 e. The highest BCUT2D eigenvalue weighted by molar-refractivity contribution is 8.00. The molecule has 0 aliphatic carbocycles. The molecular formula is C10H18N2O3SSi2. The number of thioether (sulfide) groups is 1. The molecule has 2 heterocycles. The van der Waals surface area contributed by atoms with Gasteiger partial charge in [0.15, 0.2) is 0 Å². The Morgan fingerprint density at radius 3 is 2.89 bits per heavy atom. The standard InChI is InChI=1S/C10H18N2O3SSi2/c1-5-4-16-9-6(11-17-2)8(13)12(9)7(5)10(14)15-18-3/h6,9,11H,4,17-18H2,1-3H3. The van der Waals surface area contributed by atoms with Crippen molar-refractivity contribution in [1.29, 1.82) is 0 Å². The summed E-state index contributed by atoms with van der Waals surface area (Å²) in [7, 11) is -1.16. The summed E-state index contributed by atoms with van der Waals surface area (Å²) in [6.07, 6.45) is 0. The average molecular weight is 303 g/mol. The molecule has 1 N–H and O–H groups in total. The van der Waals surface area contributed by atoms with Crippen molar-refractivity contribution < 1.29 is 14.0 Å². The Kier molecular flexibility index (Phi) is 4.30. The van der Waals surface area contributed by atoms with Crippen LogP contribution in [0.5, 0.6) is 0 Å². The maximum absolute atomic E-state index is 12.1. The average Bonchev–Trinajstić information content (AvgIpc) is 2.35. The summed E-state index contributed by atoms with van der Waals surface area (Å²) < 4.78 is 5.18. The maximum atomic E-state index is 12.1. The van der Waals surface area contributed by atoms with Crippen molar-refractivity contribution >= 4 is 43.1 Å². The van der Waals surface area contributed by atoms with Gasteiger partial charge in [-0.25, -0.2) is 4.79 Å². The molecular weight excluding hydrogens is 284 g/mol. The van der Waals surface area contributed by atoms with Crippen molar-refractivity contribution in [3.05, 3.63) is 11.3 Å². The fourth-order valence-electron chi connectivity index (χ4n) is 2.24. The van der Waals surface area contributed by atoms with E-state index in [1.54, 1.807) is 16.7 Å². The van der Waals surface area contributed by atoms with E-state index < -0.39 is 9.76 Å². The Balaban J connectivity index is 2.20. The summed E-state index contributed by atoms with van der Waals surface area (Å²) in [5.74, 6) is 0.506. The Morgan fingerprint density at radius 2 is 2.28 bits per heavy atom. The summed E-state index contributed by atoms with van der Waals surface area (Å²) in [5, 5.41) is 0.0784. The Morgan fingerprint density at radius 1 is 1.56 bits per heavy atom. The van der Waals surface area contributed by atoms with Gasteiger partial charge in [0, 0.05) is 5.75 Å². The third-order valence-electron chi connectivity index (χ3n) is 3.05. The lowest BCUT2D eigenvalue weighted by atomic mass is 10.0. The molecule has 18 heavy (non-hydrogen) atoms. The molecule has 100 valence electrons. The van der Waals surface area contributed by atoms with Crippen LogP contribution in [-0.2, 0) is 14.0 Å². The third kappa shape index (κ3) is 2.17. The van der Waals surface area contributed by atoms with Crippen LogP contribution < -0.4 is 4.98 Å². The lowest BCUT2D eigenvalue weighted by Crippen LogP contribution is -2.70. The SMILES string of the molecule is C[SiH2]NC1C(=O)N2C(C(=O)O[SiH2]C)=C(C)CSC12. The van der Waals surface area contributed by atoms with Gasteiger partial charge < -0.3 is 9.41 Å². The smallest absolute Gasteiger partial charge is 0.341 e. The highest BCUT2D eigenvalue weighted by atomic mass is 32.2. The molecule has 5 nitrogen and oxygen atoms in total. The monoisotopic (exact) mass is 302 g/mol. The first-order chi connectivity index (χ1) is 8.61. The Hall–Kier alpha value is -0.576. The predicted molar refractivity (Wildman–Crippen MR) is 77.6 cm³/mol. The van der Waals surface area contributed by atoms with Gasteiger partial charge in [0.2, 0.25) is 15.7 Å². The van der Waals surface area contributed by atoms with Gasteiger partial charge in [0.05, 0.1) is 9.68 Å². The molecule has 0 spiro atoms. The zero-order chi connectivity index (χ0) is 13.3. The normalized spacial score (nSPS) is 28.2. The fourth-order valence-corrected chi connectivity index (χ4v) is 4.97. The summed E-state index contributed by atoms with van der Waals surface area (Å²) in [4.78, 5) is 29.0. The molecule has 2 rings (SSSR count). The van der Waals surface area contributed by atoms with Crippen LogP contribution in [0.2, 0.25) is 13.1 Å². The first kappa shape index (κ1) is 13.8. The maximum Gasteiger partial charge on any atom is 0.341 e. The quantitative estimate of drug-likeness (QED) is 0.530. The second-order valence-electron chi connectivity index (χ2n) is 4.29. The number of nitrogens with zero attached hydrogens (tertiary/aromatic N) is 1. The van der Waals surface area contributed by atoms with Crippen LogP contribution in [0.15, 0.2) is 11.3 Å². The van der Waals surface area contributed by atoms with Gasteiger partial charge >= 0.3 is 5.97 Å². The minimum absolute atomic E-state index is 0.0191. The molecule has 0 saturated carbocycles. The van der Waals surface area contributed by atoms with Crippen molar-refractivity contribution in [2.45, 2.75) is 31.4 Å². The van der Waals surface area contributed by atoms with E-state index in [-0.39, 0.29) is 33.0 Å². The molecule has 0 bridgehead atoms. The highest BCUT2D eigenvalue weighted by Gasteiger charge is 2.52. The van der Waals surface area contributed by atoms with E-state index in [2.05, 4.69) is 11.5 Å². The van der Waals surface area contributed by atoms with E-state index in [4.69, 9.17) is 4.43 Å². The zero-order valence-electron chi connectivity index (χ0n) is 10.9. The van der Waals surface area contributed by atoms with Crippen LogP contribution in [0.25, 0.3) is 0 Å².